The first-order chi connectivity index (χ1) is 6.54. The molecule has 6 N–H and O–H groups in total. The highest BCUT2D eigenvalue weighted by molar-refractivity contribution is 9.12. The molecule has 1 unspecified atom stereocenters. The van der Waals surface area contributed by atoms with Crippen LogP contribution in [0.25, 0.3) is 0 Å². The summed E-state index contributed by atoms with van der Waals surface area (Å²) < 4.78 is 0.706. The summed E-state index contributed by atoms with van der Waals surface area (Å²) in [5, 5.41) is 9.43. The molecule has 1 aliphatic carbocycles. The quantitative estimate of drug-likeness (QED) is 0.341. The fourth-order valence-electron chi connectivity index (χ4n) is 1.09. The Labute approximate surface area is 94.6 Å². The second kappa shape index (κ2) is 4.68. The largest absolute Gasteiger partial charge is 0.370 e. The van der Waals surface area contributed by atoms with Crippen molar-refractivity contribution >= 4 is 33.5 Å². The number of aliphatic imine (C=N–C) groups is 1. The van der Waals surface area contributed by atoms with Crippen LogP contribution < -0.4 is 16.9 Å². The molecule has 1 aliphatic rings. The van der Waals surface area contributed by atoms with Crippen molar-refractivity contribution in [2.24, 2.45) is 16.5 Å². The number of nitrogens with two attached hydrogens (primary N) is 2. The first-order valence-electron chi connectivity index (χ1n) is 3.79. The zero-order valence-electron chi connectivity index (χ0n) is 7.17. The molecule has 0 saturated carbocycles. The van der Waals surface area contributed by atoms with Crippen molar-refractivity contribution in [1.29, 1.82) is 0 Å². The Balaban J connectivity index is 2.93. The number of hydrogen-bond donors (Lipinski definition) is 4. The average molecular weight is 282 g/mol. The topological polar surface area (TPSA) is 96.7 Å². The van der Waals surface area contributed by atoms with E-state index >= 15 is 0 Å². The molecule has 0 amide bonds. The van der Waals surface area contributed by atoms with Gasteiger partial charge in [-0.15, -0.1) is 0 Å². The van der Waals surface area contributed by atoms with Crippen LogP contribution in [-0.4, -0.2) is 17.2 Å². The van der Waals surface area contributed by atoms with Gasteiger partial charge in [-0.05, 0) is 22.0 Å². The molecular weight excluding hydrogens is 271 g/mol. The van der Waals surface area contributed by atoms with Crippen molar-refractivity contribution in [3.05, 3.63) is 21.3 Å². The fourth-order valence-corrected chi connectivity index (χ4v) is 1.70. The predicted octanol–water partition coefficient (Wildman–Crippen LogP) is 0.740. The van der Waals surface area contributed by atoms with Gasteiger partial charge in [0.2, 0.25) is 0 Å². The summed E-state index contributed by atoms with van der Waals surface area (Å²) in [6, 6.07) is -0.362. The van der Waals surface area contributed by atoms with E-state index in [0.717, 1.165) is 0 Å². The minimum Gasteiger partial charge on any atom is -0.370 e. The number of allylic oxidation sites excluding steroid dienone is 2. The molecule has 0 heterocycles. The third kappa shape index (κ3) is 2.63. The lowest BCUT2D eigenvalue weighted by Gasteiger charge is -2.20. The van der Waals surface area contributed by atoms with Crippen LogP contribution in [0.3, 0.4) is 0 Å². The van der Waals surface area contributed by atoms with Gasteiger partial charge in [0.15, 0.2) is 5.96 Å². The predicted molar refractivity (Wildman–Crippen MR) is 59.0 cm³/mol. The number of hydrogen-bond acceptors (Lipinski definition) is 3. The summed E-state index contributed by atoms with van der Waals surface area (Å²) in [6.45, 7) is 0. The molecule has 0 aliphatic heterocycles. The van der Waals surface area contributed by atoms with Crippen LogP contribution in [0.15, 0.2) is 26.3 Å². The van der Waals surface area contributed by atoms with Crippen molar-refractivity contribution in [3.63, 3.8) is 0 Å². The highest BCUT2D eigenvalue weighted by atomic mass is 79.9. The van der Waals surface area contributed by atoms with Crippen LogP contribution in [-0.2, 0) is 0 Å². The number of nitrogens with one attached hydrogen (secondary N) is 1. The Kier molecular flexibility index (Phi) is 3.79. The van der Waals surface area contributed by atoms with Gasteiger partial charge in [0.25, 0.3) is 0 Å². The number of nitrogens with zero attached hydrogens (tertiary/aromatic N) is 1. The van der Waals surface area contributed by atoms with E-state index in [2.05, 4.69) is 20.9 Å². The maximum absolute atomic E-state index is 8.82. The summed E-state index contributed by atoms with van der Waals surface area (Å²) in [7, 11) is 0. The van der Waals surface area contributed by atoms with Crippen LogP contribution in [0.5, 0.6) is 0 Å². The molecule has 0 fully saturated rings. The maximum Gasteiger partial charge on any atom is 0.186 e. The first kappa shape index (κ1) is 11.4. The number of hydroxylamine groups is 1. The molecule has 0 radical (unpaired) electrons. The van der Waals surface area contributed by atoms with Gasteiger partial charge in [-0.3, -0.25) is 10.7 Å². The molecule has 78 valence electrons. The van der Waals surface area contributed by atoms with E-state index in [9.17, 15) is 0 Å². The molecule has 0 aromatic carbocycles. The SMILES string of the molecule is NC(N)=NC1CC(Cl)=C(Br)C=C1NO. The van der Waals surface area contributed by atoms with E-state index in [1.165, 1.54) is 0 Å². The lowest BCUT2D eigenvalue weighted by molar-refractivity contribution is 0.192. The van der Waals surface area contributed by atoms with Crippen molar-refractivity contribution in [3.8, 4) is 0 Å². The Bertz CT molecular complexity index is 322. The normalized spacial score (nSPS) is 21.6. The zero-order chi connectivity index (χ0) is 10.7. The number of guanidine groups is 1. The van der Waals surface area contributed by atoms with Gasteiger partial charge in [0.05, 0.1) is 5.70 Å². The summed E-state index contributed by atoms with van der Waals surface area (Å²) in [5.74, 6) is -0.0429. The van der Waals surface area contributed by atoms with Gasteiger partial charge >= 0.3 is 0 Å². The minimum absolute atomic E-state index is 0.0429. The summed E-state index contributed by atoms with van der Waals surface area (Å²) in [5.41, 5.74) is 13.0. The Morgan fingerprint density at radius 1 is 1.71 bits per heavy atom. The van der Waals surface area contributed by atoms with Crippen LogP contribution in [0.1, 0.15) is 6.42 Å². The van der Waals surface area contributed by atoms with Gasteiger partial charge in [-0.25, -0.2) is 4.99 Å². The van der Waals surface area contributed by atoms with Crippen molar-refractivity contribution in [1.82, 2.24) is 5.48 Å². The van der Waals surface area contributed by atoms with Crippen molar-refractivity contribution in [2.75, 3.05) is 0 Å². The molecule has 7 heteroatoms. The van der Waals surface area contributed by atoms with E-state index in [1.54, 1.807) is 6.08 Å². The summed E-state index contributed by atoms with van der Waals surface area (Å²) >= 11 is 9.13. The molecule has 14 heavy (non-hydrogen) atoms. The summed E-state index contributed by atoms with van der Waals surface area (Å²) in [6.07, 6.45) is 2.07. The highest BCUT2D eigenvalue weighted by Crippen LogP contribution is 2.30. The smallest absolute Gasteiger partial charge is 0.186 e. The molecule has 5 nitrogen and oxygen atoms in total. The molecule has 1 atom stereocenters. The second-order valence-corrected chi connectivity index (χ2v) is 4.05. The minimum atomic E-state index is -0.362. The van der Waals surface area contributed by atoms with Gasteiger partial charge < -0.3 is 11.5 Å². The molecule has 0 bridgehead atoms. The van der Waals surface area contributed by atoms with Crippen LogP contribution >= 0.6 is 27.5 Å². The molecule has 0 saturated heterocycles. The number of halogens is 2. The first-order valence-corrected chi connectivity index (χ1v) is 4.96. The van der Waals surface area contributed by atoms with Gasteiger partial charge in [-0.1, -0.05) is 11.6 Å². The zero-order valence-corrected chi connectivity index (χ0v) is 9.51. The Morgan fingerprint density at radius 2 is 2.36 bits per heavy atom. The van der Waals surface area contributed by atoms with Crippen molar-refractivity contribution in [2.45, 2.75) is 12.5 Å². The molecular formula is C7H10BrClN4O. The van der Waals surface area contributed by atoms with Crippen LogP contribution in [0.4, 0.5) is 0 Å². The molecule has 0 spiro atoms. The Morgan fingerprint density at radius 3 is 2.86 bits per heavy atom. The molecule has 1 rings (SSSR count). The lowest BCUT2D eigenvalue weighted by Crippen LogP contribution is -2.30. The Hall–Kier alpha value is -0.720. The van der Waals surface area contributed by atoms with Crippen LogP contribution in [0, 0.1) is 0 Å². The van der Waals surface area contributed by atoms with E-state index in [1.807, 2.05) is 5.48 Å². The van der Waals surface area contributed by atoms with E-state index in [-0.39, 0.29) is 12.0 Å². The third-order valence-corrected chi connectivity index (χ3v) is 3.00. The van der Waals surface area contributed by atoms with E-state index in [0.29, 0.717) is 21.6 Å². The molecule has 0 aromatic heterocycles. The van der Waals surface area contributed by atoms with E-state index in [4.69, 9.17) is 28.3 Å². The highest BCUT2D eigenvalue weighted by Gasteiger charge is 2.21. The fraction of sp³-hybridized carbons (Fsp3) is 0.286. The molecule has 0 aromatic rings. The van der Waals surface area contributed by atoms with Gasteiger partial charge in [-0.2, -0.15) is 0 Å². The summed E-state index contributed by atoms with van der Waals surface area (Å²) in [4.78, 5) is 3.92. The standard InChI is InChI=1S/C7H10BrClN4O/c8-3-1-6(13-14)5(2-4(3)9)12-7(10)11/h1,5,13-14H,2H2,(H4,10,11,12). The van der Waals surface area contributed by atoms with Gasteiger partial charge in [0.1, 0.15) is 6.04 Å². The lowest BCUT2D eigenvalue weighted by atomic mass is 10.1. The maximum atomic E-state index is 8.82. The monoisotopic (exact) mass is 280 g/mol. The average Bonchev–Trinajstić information content (AvgIpc) is 2.10. The van der Waals surface area contributed by atoms with E-state index < -0.39 is 0 Å². The van der Waals surface area contributed by atoms with Crippen LogP contribution in [0.2, 0.25) is 0 Å². The van der Waals surface area contributed by atoms with Gasteiger partial charge in [0, 0.05) is 15.9 Å². The third-order valence-electron chi connectivity index (χ3n) is 1.71. The number of rotatable bonds is 2. The second-order valence-electron chi connectivity index (χ2n) is 2.74. The van der Waals surface area contributed by atoms with Crippen molar-refractivity contribution < 1.29 is 5.21 Å².